The number of nitrogens with zero attached hydrogens (tertiary/aromatic N) is 2. The third-order valence-electron chi connectivity index (χ3n) is 6.67. The van der Waals surface area contributed by atoms with E-state index in [0.29, 0.717) is 25.4 Å². The molecule has 4 atom stereocenters. The number of hydrogen-bond donors (Lipinski definition) is 4. The van der Waals surface area contributed by atoms with Crippen molar-refractivity contribution in [2.75, 3.05) is 32.7 Å². The average molecular weight is 479 g/mol. The second-order valence-corrected chi connectivity index (χ2v) is 9.75. The fourth-order valence-electron chi connectivity index (χ4n) is 5.00. The molecule has 0 bridgehead atoms. The third-order valence-corrected chi connectivity index (χ3v) is 6.67. The fraction of sp³-hybridized carbons (Fsp3) is 0.783. The summed E-state index contributed by atoms with van der Waals surface area (Å²) in [7, 11) is 0. The Hall–Kier alpha value is -2.69. The highest BCUT2D eigenvalue weighted by atomic mass is 16.2. The number of unbranched alkanes of at least 4 members (excludes halogenated alkanes) is 1. The summed E-state index contributed by atoms with van der Waals surface area (Å²) < 4.78 is 0. The van der Waals surface area contributed by atoms with E-state index in [4.69, 9.17) is 0 Å². The molecule has 0 aliphatic carbocycles. The van der Waals surface area contributed by atoms with Crippen LogP contribution in [-0.4, -0.2) is 96.2 Å². The number of rotatable bonds is 6. The third kappa shape index (κ3) is 6.25. The largest absolute Gasteiger partial charge is 0.355 e. The van der Waals surface area contributed by atoms with Gasteiger partial charge in [-0.3, -0.25) is 28.9 Å². The van der Waals surface area contributed by atoms with Crippen molar-refractivity contribution in [2.45, 2.75) is 77.0 Å². The van der Waals surface area contributed by atoms with Crippen molar-refractivity contribution in [2.24, 2.45) is 5.92 Å². The SMILES string of the molecule is CCCCNC(=O)[C@@H]1C2[C@H](CC(C)C)N2C(=O)CNC(=O)CNC(=O)CNC(=O)[C@H]2CCCN21. The number of hydrogen-bond acceptors (Lipinski definition) is 6. The number of carbonyl (C=O) groups excluding carboxylic acids is 5. The normalized spacial score (nSPS) is 28.8. The lowest BCUT2D eigenvalue weighted by molar-refractivity contribution is -0.133. The van der Waals surface area contributed by atoms with Gasteiger partial charge in [-0.25, -0.2) is 0 Å². The maximum absolute atomic E-state index is 13.4. The standard InChI is InChI=1S/C23H38N6O5/c1-4-5-8-24-23(34)21-20-16(10-14(2)3)29(20)19(32)13-26-17(30)11-25-18(31)12-27-22(33)15-7-6-9-28(15)21/h14-16,20-21H,4-13H2,1-3H3,(H,24,34)(H,25,31)(H,26,30)(H,27,33)/t15-,16+,20?,21+,29?/m1/s1. The van der Waals surface area contributed by atoms with Crippen LogP contribution in [0, 0.1) is 5.92 Å². The van der Waals surface area contributed by atoms with Crippen LogP contribution in [0.2, 0.25) is 0 Å². The number of amides is 5. The molecule has 11 heteroatoms. The van der Waals surface area contributed by atoms with Crippen LogP contribution in [0.25, 0.3) is 0 Å². The van der Waals surface area contributed by atoms with Crippen LogP contribution in [-0.2, 0) is 24.0 Å². The fourth-order valence-corrected chi connectivity index (χ4v) is 5.00. The summed E-state index contributed by atoms with van der Waals surface area (Å²) in [5, 5.41) is 10.6. The number of carbonyl (C=O) groups is 5. The first-order valence-electron chi connectivity index (χ1n) is 12.4. The maximum Gasteiger partial charge on any atom is 0.242 e. The molecule has 5 amide bonds. The minimum atomic E-state index is -0.669. The van der Waals surface area contributed by atoms with Crippen LogP contribution in [0.1, 0.15) is 52.9 Å². The summed E-state index contributed by atoms with van der Waals surface area (Å²) in [5.74, 6) is -1.45. The zero-order chi connectivity index (χ0) is 24.8. The topological polar surface area (TPSA) is 140 Å². The first-order valence-corrected chi connectivity index (χ1v) is 12.4. The minimum Gasteiger partial charge on any atom is -0.355 e. The van der Waals surface area contributed by atoms with Crippen LogP contribution in [0.3, 0.4) is 0 Å². The van der Waals surface area contributed by atoms with Crippen molar-refractivity contribution in [1.82, 2.24) is 31.1 Å². The molecule has 0 saturated carbocycles. The molecule has 0 radical (unpaired) electrons. The van der Waals surface area contributed by atoms with Gasteiger partial charge in [-0.15, -0.1) is 0 Å². The van der Waals surface area contributed by atoms with Crippen molar-refractivity contribution in [1.29, 1.82) is 0 Å². The Balaban J connectivity index is 1.91. The minimum absolute atomic E-state index is 0.136. The van der Waals surface area contributed by atoms with E-state index in [1.165, 1.54) is 0 Å². The van der Waals surface area contributed by atoms with E-state index >= 15 is 0 Å². The predicted molar refractivity (Wildman–Crippen MR) is 124 cm³/mol. The molecular weight excluding hydrogens is 440 g/mol. The molecule has 4 N–H and O–H groups in total. The lowest BCUT2D eigenvalue weighted by atomic mass is 10.0. The molecule has 3 aliphatic rings. The quantitative estimate of drug-likeness (QED) is 0.277. The molecule has 1 unspecified atom stereocenters. The van der Waals surface area contributed by atoms with Gasteiger partial charge in [0, 0.05) is 6.54 Å². The van der Waals surface area contributed by atoms with Crippen molar-refractivity contribution in [3.05, 3.63) is 0 Å². The molecule has 0 aromatic carbocycles. The van der Waals surface area contributed by atoms with Gasteiger partial charge in [-0.1, -0.05) is 27.2 Å². The number of fused-ring (bicyclic) bond motifs is 2. The highest BCUT2D eigenvalue weighted by Crippen LogP contribution is 2.40. The highest BCUT2D eigenvalue weighted by Gasteiger charge is 2.59. The van der Waals surface area contributed by atoms with Crippen LogP contribution in [0.15, 0.2) is 0 Å². The van der Waals surface area contributed by atoms with E-state index < -0.39 is 23.9 Å². The van der Waals surface area contributed by atoms with Gasteiger partial charge in [-0.05, 0) is 38.1 Å². The molecule has 3 aliphatic heterocycles. The Morgan fingerprint density at radius 3 is 2.41 bits per heavy atom. The molecule has 34 heavy (non-hydrogen) atoms. The monoisotopic (exact) mass is 478 g/mol. The van der Waals surface area contributed by atoms with Gasteiger partial charge in [0.2, 0.25) is 29.5 Å². The van der Waals surface area contributed by atoms with Gasteiger partial charge in [-0.2, -0.15) is 0 Å². The van der Waals surface area contributed by atoms with Crippen molar-refractivity contribution >= 4 is 29.5 Å². The van der Waals surface area contributed by atoms with Gasteiger partial charge >= 0.3 is 0 Å². The summed E-state index contributed by atoms with van der Waals surface area (Å²) in [6, 6.07) is -1.73. The summed E-state index contributed by atoms with van der Waals surface area (Å²) >= 11 is 0. The van der Waals surface area contributed by atoms with E-state index in [2.05, 4.69) is 35.1 Å². The van der Waals surface area contributed by atoms with E-state index in [0.717, 1.165) is 25.7 Å². The van der Waals surface area contributed by atoms with E-state index in [9.17, 15) is 24.0 Å². The zero-order valence-electron chi connectivity index (χ0n) is 20.4. The zero-order valence-corrected chi connectivity index (χ0v) is 20.4. The Morgan fingerprint density at radius 2 is 1.74 bits per heavy atom. The summed E-state index contributed by atoms with van der Waals surface area (Å²) in [6.07, 6.45) is 3.82. The smallest absolute Gasteiger partial charge is 0.242 e. The molecule has 190 valence electrons. The Bertz CT molecular complexity index is 803. The Morgan fingerprint density at radius 1 is 1.06 bits per heavy atom. The molecule has 3 fully saturated rings. The van der Waals surface area contributed by atoms with Crippen LogP contribution < -0.4 is 21.3 Å². The Kier molecular flexibility index (Phi) is 8.87. The van der Waals surface area contributed by atoms with Crippen LogP contribution in [0.5, 0.6) is 0 Å². The highest BCUT2D eigenvalue weighted by molar-refractivity contribution is 5.93. The molecular formula is C23H38N6O5. The Labute approximate surface area is 200 Å². The lowest BCUT2D eigenvalue weighted by Gasteiger charge is -2.31. The number of nitrogens with one attached hydrogen (secondary N) is 4. The van der Waals surface area contributed by atoms with Gasteiger partial charge in [0.1, 0.15) is 6.04 Å². The second-order valence-electron chi connectivity index (χ2n) is 9.75. The van der Waals surface area contributed by atoms with Crippen molar-refractivity contribution in [3.63, 3.8) is 0 Å². The van der Waals surface area contributed by atoms with Crippen LogP contribution in [0.4, 0.5) is 0 Å². The summed E-state index contributed by atoms with van der Waals surface area (Å²) in [6.45, 7) is 6.52. The molecule has 3 heterocycles. The lowest BCUT2D eigenvalue weighted by Crippen LogP contribution is -2.57. The van der Waals surface area contributed by atoms with Gasteiger partial charge in [0.25, 0.3) is 0 Å². The molecule has 3 rings (SSSR count). The van der Waals surface area contributed by atoms with Crippen LogP contribution >= 0.6 is 0 Å². The van der Waals surface area contributed by atoms with Gasteiger partial charge < -0.3 is 26.2 Å². The van der Waals surface area contributed by atoms with Crippen molar-refractivity contribution < 1.29 is 24.0 Å². The van der Waals surface area contributed by atoms with E-state index in [1.54, 1.807) is 4.90 Å². The maximum atomic E-state index is 13.4. The van der Waals surface area contributed by atoms with Gasteiger partial charge in [0.15, 0.2) is 0 Å². The molecule has 3 saturated heterocycles. The van der Waals surface area contributed by atoms with Crippen molar-refractivity contribution in [3.8, 4) is 0 Å². The molecule has 0 aromatic heterocycles. The first-order chi connectivity index (χ1) is 16.2. The summed E-state index contributed by atoms with van der Waals surface area (Å²) in [5.41, 5.74) is 0. The predicted octanol–water partition coefficient (Wildman–Crippen LogP) is -1.28. The second kappa shape index (κ2) is 11.6. The van der Waals surface area contributed by atoms with E-state index in [-0.39, 0.29) is 49.4 Å². The van der Waals surface area contributed by atoms with Gasteiger partial charge in [0.05, 0.1) is 37.8 Å². The molecule has 0 spiro atoms. The molecule has 11 nitrogen and oxygen atoms in total. The molecule has 0 aromatic rings. The average Bonchev–Trinajstić information content (AvgIpc) is 3.24. The van der Waals surface area contributed by atoms with E-state index in [1.807, 2.05) is 11.8 Å². The summed E-state index contributed by atoms with van der Waals surface area (Å²) in [4.78, 5) is 67.2. The first kappa shape index (κ1) is 25.9.